The SMILES string of the molecule is CC(N)c1ccc(Br)cc1OCc1cccc(Br)c1. The number of ether oxygens (including phenoxy) is 1. The molecule has 100 valence electrons. The first-order valence-electron chi connectivity index (χ1n) is 5.98. The summed E-state index contributed by atoms with van der Waals surface area (Å²) in [6.07, 6.45) is 0. The molecule has 2 N–H and O–H groups in total. The van der Waals surface area contributed by atoms with Crippen LogP contribution in [-0.2, 0) is 6.61 Å². The third kappa shape index (κ3) is 4.06. The normalized spacial score (nSPS) is 12.2. The van der Waals surface area contributed by atoms with E-state index in [0.29, 0.717) is 6.61 Å². The lowest BCUT2D eigenvalue weighted by atomic mass is 10.1. The monoisotopic (exact) mass is 383 g/mol. The smallest absolute Gasteiger partial charge is 0.125 e. The summed E-state index contributed by atoms with van der Waals surface area (Å²) in [6.45, 7) is 2.48. The number of hydrogen-bond donors (Lipinski definition) is 1. The summed E-state index contributed by atoms with van der Waals surface area (Å²) >= 11 is 6.91. The fourth-order valence-electron chi connectivity index (χ4n) is 1.80. The van der Waals surface area contributed by atoms with Crippen molar-refractivity contribution in [1.29, 1.82) is 0 Å². The number of nitrogens with two attached hydrogens (primary N) is 1. The molecule has 1 unspecified atom stereocenters. The van der Waals surface area contributed by atoms with Gasteiger partial charge in [0.2, 0.25) is 0 Å². The lowest BCUT2D eigenvalue weighted by molar-refractivity contribution is 0.301. The second-order valence-corrected chi connectivity index (χ2v) is 6.22. The van der Waals surface area contributed by atoms with Crippen LogP contribution in [0.2, 0.25) is 0 Å². The van der Waals surface area contributed by atoms with Crippen molar-refractivity contribution < 1.29 is 4.74 Å². The molecule has 2 rings (SSSR count). The topological polar surface area (TPSA) is 35.2 Å². The summed E-state index contributed by atoms with van der Waals surface area (Å²) in [4.78, 5) is 0. The van der Waals surface area contributed by atoms with Crippen molar-refractivity contribution in [1.82, 2.24) is 0 Å². The maximum atomic E-state index is 5.95. The molecule has 0 heterocycles. The number of rotatable bonds is 4. The molecule has 4 heteroatoms. The highest BCUT2D eigenvalue weighted by atomic mass is 79.9. The summed E-state index contributed by atoms with van der Waals surface area (Å²) in [5.41, 5.74) is 8.08. The van der Waals surface area contributed by atoms with E-state index in [2.05, 4.69) is 31.9 Å². The van der Waals surface area contributed by atoms with Crippen LogP contribution in [0.1, 0.15) is 24.1 Å². The van der Waals surface area contributed by atoms with Crippen molar-refractivity contribution >= 4 is 31.9 Å². The molecule has 0 saturated heterocycles. The van der Waals surface area contributed by atoms with Crippen LogP contribution in [-0.4, -0.2) is 0 Å². The van der Waals surface area contributed by atoms with Crippen molar-refractivity contribution in [2.45, 2.75) is 19.6 Å². The molecule has 1 atom stereocenters. The second-order valence-electron chi connectivity index (χ2n) is 4.39. The molecule has 2 nitrogen and oxygen atoms in total. The first-order valence-corrected chi connectivity index (χ1v) is 7.57. The largest absolute Gasteiger partial charge is 0.489 e. The molecule has 0 aliphatic carbocycles. The zero-order valence-electron chi connectivity index (χ0n) is 10.6. The first kappa shape index (κ1) is 14.6. The van der Waals surface area contributed by atoms with E-state index < -0.39 is 0 Å². The summed E-state index contributed by atoms with van der Waals surface area (Å²) < 4.78 is 7.93. The van der Waals surface area contributed by atoms with Crippen molar-refractivity contribution in [2.75, 3.05) is 0 Å². The Morgan fingerprint density at radius 3 is 2.53 bits per heavy atom. The third-order valence-corrected chi connectivity index (χ3v) is 3.74. The van der Waals surface area contributed by atoms with Crippen molar-refractivity contribution in [3.8, 4) is 5.75 Å². The molecule has 0 spiro atoms. The zero-order valence-corrected chi connectivity index (χ0v) is 13.7. The molecule has 2 aromatic carbocycles. The van der Waals surface area contributed by atoms with Gasteiger partial charge in [-0.2, -0.15) is 0 Å². The van der Waals surface area contributed by atoms with E-state index in [-0.39, 0.29) is 6.04 Å². The lowest BCUT2D eigenvalue weighted by Gasteiger charge is -2.14. The van der Waals surface area contributed by atoms with Crippen LogP contribution in [0.5, 0.6) is 5.75 Å². The Morgan fingerprint density at radius 2 is 1.84 bits per heavy atom. The van der Waals surface area contributed by atoms with E-state index in [1.54, 1.807) is 0 Å². The van der Waals surface area contributed by atoms with E-state index in [1.165, 1.54) is 0 Å². The lowest BCUT2D eigenvalue weighted by Crippen LogP contribution is -2.08. The summed E-state index contributed by atoms with van der Waals surface area (Å²) in [7, 11) is 0. The Morgan fingerprint density at radius 1 is 1.11 bits per heavy atom. The average molecular weight is 385 g/mol. The summed E-state index contributed by atoms with van der Waals surface area (Å²) in [5, 5.41) is 0. The van der Waals surface area contributed by atoms with Gasteiger partial charge in [0, 0.05) is 20.6 Å². The highest BCUT2D eigenvalue weighted by Crippen LogP contribution is 2.28. The molecular formula is C15H15Br2NO. The van der Waals surface area contributed by atoms with E-state index in [9.17, 15) is 0 Å². The van der Waals surface area contributed by atoms with E-state index in [4.69, 9.17) is 10.5 Å². The Hall–Kier alpha value is -0.840. The molecule has 0 fully saturated rings. The number of benzene rings is 2. The average Bonchev–Trinajstić information content (AvgIpc) is 2.36. The number of hydrogen-bond acceptors (Lipinski definition) is 2. The van der Waals surface area contributed by atoms with Gasteiger partial charge < -0.3 is 10.5 Å². The maximum Gasteiger partial charge on any atom is 0.125 e. The van der Waals surface area contributed by atoms with Crippen LogP contribution in [0.15, 0.2) is 51.4 Å². The molecule has 0 amide bonds. The van der Waals surface area contributed by atoms with Gasteiger partial charge in [-0.05, 0) is 36.8 Å². The van der Waals surface area contributed by atoms with Crippen molar-refractivity contribution in [3.63, 3.8) is 0 Å². The van der Waals surface area contributed by atoms with Gasteiger partial charge in [0.05, 0.1) is 0 Å². The Balaban J connectivity index is 2.17. The predicted octanol–water partition coefficient (Wildman–Crippen LogP) is 4.81. The van der Waals surface area contributed by atoms with Crippen LogP contribution in [0, 0.1) is 0 Å². The molecule has 2 aromatic rings. The maximum absolute atomic E-state index is 5.95. The first-order chi connectivity index (χ1) is 9.06. The van der Waals surface area contributed by atoms with Crippen LogP contribution < -0.4 is 10.5 Å². The standard InChI is InChI=1S/C15H15Br2NO/c1-10(18)14-6-5-13(17)8-15(14)19-9-11-3-2-4-12(16)7-11/h2-8,10H,9,18H2,1H3. The quantitative estimate of drug-likeness (QED) is 0.820. The Bertz CT molecular complexity index is 570. The van der Waals surface area contributed by atoms with Crippen LogP contribution >= 0.6 is 31.9 Å². The highest BCUT2D eigenvalue weighted by molar-refractivity contribution is 9.10. The van der Waals surface area contributed by atoms with E-state index >= 15 is 0 Å². The Labute approximate surface area is 130 Å². The summed E-state index contributed by atoms with van der Waals surface area (Å²) in [5.74, 6) is 0.823. The minimum Gasteiger partial charge on any atom is -0.489 e. The third-order valence-electron chi connectivity index (χ3n) is 2.75. The van der Waals surface area contributed by atoms with Crippen LogP contribution in [0.4, 0.5) is 0 Å². The van der Waals surface area contributed by atoms with E-state index in [0.717, 1.165) is 25.8 Å². The molecule has 19 heavy (non-hydrogen) atoms. The second kappa shape index (κ2) is 6.55. The minimum atomic E-state index is -0.0504. The van der Waals surface area contributed by atoms with Gasteiger partial charge in [0.15, 0.2) is 0 Å². The van der Waals surface area contributed by atoms with Gasteiger partial charge >= 0.3 is 0 Å². The molecular weight excluding hydrogens is 370 g/mol. The molecule has 0 radical (unpaired) electrons. The highest BCUT2D eigenvalue weighted by Gasteiger charge is 2.09. The fourth-order valence-corrected chi connectivity index (χ4v) is 2.58. The zero-order chi connectivity index (χ0) is 13.8. The van der Waals surface area contributed by atoms with Gasteiger partial charge in [-0.15, -0.1) is 0 Å². The van der Waals surface area contributed by atoms with Gasteiger partial charge in [0.1, 0.15) is 12.4 Å². The molecule has 0 aromatic heterocycles. The van der Waals surface area contributed by atoms with E-state index in [1.807, 2.05) is 49.4 Å². The van der Waals surface area contributed by atoms with Crippen LogP contribution in [0.25, 0.3) is 0 Å². The van der Waals surface area contributed by atoms with Gasteiger partial charge in [-0.3, -0.25) is 0 Å². The minimum absolute atomic E-state index is 0.0504. The molecule has 0 bridgehead atoms. The predicted molar refractivity (Wildman–Crippen MR) is 85.2 cm³/mol. The molecule has 0 saturated carbocycles. The van der Waals surface area contributed by atoms with Crippen molar-refractivity contribution in [3.05, 3.63) is 62.5 Å². The number of halogens is 2. The van der Waals surface area contributed by atoms with Crippen LogP contribution in [0.3, 0.4) is 0 Å². The fraction of sp³-hybridized carbons (Fsp3) is 0.200. The van der Waals surface area contributed by atoms with Crippen molar-refractivity contribution in [2.24, 2.45) is 5.73 Å². The summed E-state index contributed by atoms with van der Waals surface area (Å²) in [6, 6.07) is 13.9. The molecule has 0 aliphatic rings. The molecule has 0 aliphatic heterocycles. The van der Waals surface area contributed by atoms with Gasteiger partial charge in [-0.25, -0.2) is 0 Å². The van der Waals surface area contributed by atoms with Gasteiger partial charge in [-0.1, -0.05) is 50.1 Å². The van der Waals surface area contributed by atoms with Gasteiger partial charge in [0.25, 0.3) is 0 Å². The Kier molecular flexibility index (Phi) is 5.02.